The molecule has 1 aliphatic rings. The predicted octanol–water partition coefficient (Wildman–Crippen LogP) is 2.80. The number of carbonyl (C=O) groups is 1. The molecule has 0 aliphatic heterocycles. The number of carbonyl (C=O) groups excluding carboxylic acids is 1. The van der Waals surface area contributed by atoms with Crippen LogP contribution in [0.25, 0.3) is 0 Å². The third-order valence-electron chi connectivity index (χ3n) is 3.31. The van der Waals surface area contributed by atoms with Crippen LogP contribution in [0, 0.1) is 6.92 Å². The summed E-state index contributed by atoms with van der Waals surface area (Å²) >= 11 is 0. The molecule has 0 N–H and O–H groups in total. The molecule has 0 aromatic carbocycles. The van der Waals surface area contributed by atoms with Crippen molar-refractivity contribution in [2.45, 2.75) is 39.0 Å². The number of rotatable bonds is 2. The molecular formula is C13H18N2O. The Morgan fingerprint density at radius 1 is 1.38 bits per heavy atom. The van der Waals surface area contributed by atoms with E-state index in [2.05, 4.69) is 11.2 Å². The van der Waals surface area contributed by atoms with Gasteiger partial charge in [0.1, 0.15) is 0 Å². The van der Waals surface area contributed by atoms with Crippen molar-refractivity contribution in [3.05, 3.63) is 29.1 Å². The van der Waals surface area contributed by atoms with Gasteiger partial charge in [-0.1, -0.05) is 12.5 Å². The lowest BCUT2D eigenvalue weighted by molar-refractivity contribution is 0.103. The van der Waals surface area contributed by atoms with E-state index in [0.29, 0.717) is 0 Å². The second-order valence-electron chi connectivity index (χ2n) is 4.43. The molecule has 1 aromatic rings. The fraction of sp³-hybridized carbons (Fsp3) is 0.538. The first-order chi connectivity index (χ1) is 7.70. The monoisotopic (exact) mass is 218 g/mol. The van der Waals surface area contributed by atoms with Crippen LogP contribution in [0.5, 0.6) is 0 Å². The standard InChI is InChI=1S/C13H18N2O/c1-10-12(9-14-15(10)2)13(16)11-7-5-3-4-6-8-11/h7,9H,3-6,8H2,1-2H3. The van der Waals surface area contributed by atoms with Crippen molar-refractivity contribution in [3.8, 4) is 0 Å². The average Bonchev–Trinajstić information content (AvgIpc) is 2.53. The van der Waals surface area contributed by atoms with Gasteiger partial charge < -0.3 is 0 Å². The minimum atomic E-state index is 0.174. The Hall–Kier alpha value is -1.38. The highest BCUT2D eigenvalue weighted by atomic mass is 16.1. The van der Waals surface area contributed by atoms with Gasteiger partial charge in [0.25, 0.3) is 0 Å². The first-order valence-electron chi connectivity index (χ1n) is 5.92. The number of aryl methyl sites for hydroxylation is 1. The van der Waals surface area contributed by atoms with Crippen LogP contribution in [-0.4, -0.2) is 15.6 Å². The number of aromatic nitrogens is 2. The van der Waals surface area contributed by atoms with Gasteiger partial charge in [-0.15, -0.1) is 0 Å². The van der Waals surface area contributed by atoms with E-state index in [1.165, 1.54) is 12.8 Å². The molecule has 3 heteroatoms. The van der Waals surface area contributed by atoms with E-state index in [9.17, 15) is 4.79 Å². The van der Waals surface area contributed by atoms with E-state index in [0.717, 1.165) is 36.1 Å². The number of hydrogen-bond acceptors (Lipinski definition) is 2. The summed E-state index contributed by atoms with van der Waals surface area (Å²) in [4.78, 5) is 12.3. The molecular weight excluding hydrogens is 200 g/mol. The highest BCUT2D eigenvalue weighted by molar-refractivity contribution is 6.09. The fourth-order valence-corrected chi connectivity index (χ4v) is 2.12. The lowest BCUT2D eigenvalue weighted by Crippen LogP contribution is -2.05. The van der Waals surface area contributed by atoms with E-state index in [4.69, 9.17) is 0 Å². The molecule has 86 valence electrons. The van der Waals surface area contributed by atoms with Crippen molar-refractivity contribution in [1.82, 2.24) is 9.78 Å². The smallest absolute Gasteiger partial charge is 0.192 e. The van der Waals surface area contributed by atoms with Crippen LogP contribution in [0.15, 0.2) is 17.8 Å². The van der Waals surface area contributed by atoms with Crippen LogP contribution in [0.4, 0.5) is 0 Å². The molecule has 3 nitrogen and oxygen atoms in total. The summed E-state index contributed by atoms with van der Waals surface area (Å²) < 4.78 is 1.75. The van der Waals surface area contributed by atoms with Gasteiger partial charge in [-0.25, -0.2) is 0 Å². The highest BCUT2D eigenvalue weighted by Gasteiger charge is 2.17. The number of hydrogen-bond donors (Lipinski definition) is 0. The third-order valence-corrected chi connectivity index (χ3v) is 3.31. The molecule has 0 unspecified atom stereocenters. The van der Waals surface area contributed by atoms with Crippen molar-refractivity contribution in [2.75, 3.05) is 0 Å². The van der Waals surface area contributed by atoms with Crippen LogP contribution in [-0.2, 0) is 7.05 Å². The Labute approximate surface area is 96.2 Å². The van der Waals surface area contributed by atoms with Crippen LogP contribution in [0.1, 0.15) is 48.2 Å². The van der Waals surface area contributed by atoms with E-state index in [-0.39, 0.29) is 5.78 Å². The highest BCUT2D eigenvalue weighted by Crippen LogP contribution is 2.21. The second-order valence-corrected chi connectivity index (χ2v) is 4.43. The third kappa shape index (κ3) is 2.08. The van der Waals surface area contributed by atoms with Crippen LogP contribution < -0.4 is 0 Å². The molecule has 0 radical (unpaired) electrons. The van der Waals surface area contributed by atoms with Crippen molar-refractivity contribution < 1.29 is 4.79 Å². The van der Waals surface area contributed by atoms with Gasteiger partial charge in [-0.2, -0.15) is 5.10 Å². The van der Waals surface area contributed by atoms with Crippen molar-refractivity contribution in [2.24, 2.45) is 7.05 Å². The van der Waals surface area contributed by atoms with E-state index in [1.807, 2.05) is 14.0 Å². The summed E-state index contributed by atoms with van der Waals surface area (Å²) in [7, 11) is 1.87. The van der Waals surface area contributed by atoms with Gasteiger partial charge >= 0.3 is 0 Å². The summed E-state index contributed by atoms with van der Waals surface area (Å²) in [5.74, 6) is 0.174. The topological polar surface area (TPSA) is 34.9 Å². The summed E-state index contributed by atoms with van der Waals surface area (Å²) in [5, 5.41) is 4.12. The van der Waals surface area contributed by atoms with Gasteiger partial charge in [0.15, 0.2) is 5.78 Å². The minimum absolute atomic E-state index is 0.174. The molecule has 0 fully saturated rings. The van der Waals surface area contributed by atoms with Gasteiger partial charge in [0.2, 0.25) is 0 Å². The lowest BCUT2D eigenvalue weighted by Gasteiger charge is -2.03. The largest absolute Gasteiger partial charge is 0.289 e. The van der Waals surface area contributed by atoms with Crippen molar-refractivity contribution >= 4 is 5.78 Å². The predicted molar refractivity (Wildman–Crippen MR) is 63.4 cm³/mol. The molecule has 1 aromatic heterocycles. The fourth-order valence-electron chi connectivity index (χ4n) is 2.12. The Kier molecular flexibility index (Phi) is 3.22. The zero-order valence-corrected chi connectivity index (χ0v) is 9.99. The minimum Gasteiger partial charge on any atom is -0.289 e. The lowest BCUT2D eigenvalue weighted by atomic mass is 10.0. The summed E-state index contributed by atoms with van der Waals surface area (Å²) in [5.41, 5.74) is 2.69. The number of allylic oxidation sites excluding steroid dienone is 2. The summed E-state index contributed by atoms with van der Waals surface area (Å²) in [6, 6.07) is 0. The first-order valence-corrected chi connectivity index (χ1v) is 5.92. The van der Waals surface area contributed by atoms with Crippen LogP contribution in [0.3, 0.4) is 0 Å². The zero-order valence-electron chi connectivity index (χ0n) is 9.99. The Morgan fingerprint density at radius 2 is 2.19 bits per heavy atom. The second kappa shape index (κ2) is 4.64. The maximum absolute atomic E-state index is 12.3. The van der Waals surface area contributed by atoms with Crippen LogP contribution in [0.2, 0.25) is 0 Å². The molecule has 0 saturated heterocycles. The quantitative estimate of drug-likeness (QED) is 0.715. The molecule has 0 spiro atoms. The van der Waals surface area contributed by atoms with E-state index >= 15 is 0 Å². The van der Waals surface area contributed by atoms with Gasteiger partial charge in [0.05, 0.1) is 11.8 Å². The molecule has 1 aliphatic carbocycles. The van der Waals surface area contributed by atoms with Gasteiger partial charge in [-0.3, -0.25) is 9.48 Å². The summed E-state index contributed by atoms with van der Waals surface area (Å²) in [6.45, 7) is 1.94. The van der Waals surface area contributed by atoms with E-state index < -0.39 is 0 Å². The van der Waals surface area contributed by atoms with Crippen molar-refractivity contribution in [3.63, 3.8) is 0 Å². The number of ketones is 1. The molecule has 2 rings (SSSR count). The SMILES string of the molecule is Cc1c(C(=O)C2=CCCCCC2)cnn1C. The molecule has 16 heavy (non-hydrogen) atoms. The van der Waals surface area contributed by atoms with Gasteiger partial charge in [-0.05, 0) is 38.2 Å². The Morgan fingerprint density at radius 3 is 2.88 bits per heavy atom. The normalized spacial score (nSPS) is 16.8. The number of Topliss-reactive ketones (excluding diaryl/α,β-unsaturated/α-hetero) is 1. The molecule has 0 bridgehead atoms. The number of nitrogens with zero attached hydrogens (tertiary/aromatic N) is 2. The molecule has 0 saturated carbocycles. The first kappa shape index (κ1) is 11.1. The maximum Gasteiger partial charge on any atom is 0.192 e. The Balaban J connectivity index is 2.24. The molecule has 0 atom stereocenters. The molecule has 1 heterocycles. The van der Waals surface area contributed by atoms with Crippen LogP contribution >= 0.6 is 0 Å². The maximum atomic E-state index is 12.3. The summed E-state index contributed by atoms with van der Waals surface area (Å²) in [6.07, 6.45) is 9.34. The zero-order chi connectivity index (χ0) is 11.5. The van der Waals surface area contributed by atoms with Gasteiger partial charge in [0, 0.05) is 12.7 Å². The molecule has 0 amide bonds. The van der Waals surface area contributed by atoms with E-state index in [1.54, 1.807) is 10.9 Å². The Bertz CT molecular complexity index is 429. The van der Waals surface area contributed by atoms with Crippen molar-refractivity contribution in [1.29, 1.82) is 0 Å². The average molecular weight is 218 g/mol.